The van der Waals surface area contributed by atoms with E-state index in [4.69, 9.17) is 4.74 Å². The van der Waals surface area contributed by atoms with Crippen molar-refractivity contribution in [3.8, 4) is 5.75 Å². The van der Waals surface area contributed by atoms with Gasteiger partial charge < -0.3 is 14.7 Å². The highest BCUT2D eigenvalue weighted by Crippen LogP contribution is 2.56. The van der Waals surface area contributed by atoms with Crippen molar-refractivity contribution in [2.24, 2.45) is 5.92 Å². The molecule has 2 aliphatic carbocycles. The second-order valence-corrected chi connectivity index (χ2v) is 8.63. The number of hydrogen-bond donors (Lipinski definition) is 1. The minimum absolute atomic E-state index is 0.229. The summed E-state index contributed by atoms with van der Waals surface area (Å²) >= 11 is 0. The second kappa shape index (κ2) is 7.01. The Hall–Kier alpha value is -1.32. The summed E-state index contributed by atoms with van der Waals surface area (Å²) in [6.07, 6.45) is 9.76. The van der Waals surface area contributed by atoms with Gasteiger partial charge in [-0.1, -0.05) is 31.9 Å². The normalized spacial score (nSPS) is 31.6. The molecule has 1 aromatic carbocycles. The van der Waals surface area contributed by atoms with Crippen LogP contribution >= 0.6 is 0 Å². The van der Waals surface area contributed by atoms with Crippen molar-refractivity contribution >= 4 is 0 Å². The average Bonchev–Trinajstić information content (AvgIpc) is 2.68. The summed E-state index contributed by atoms with van der Waals surface area (Å²) in [5.41, 5.74) is 4.55. The van der Waals surface area contributed by atoms with E-state index in [9.17, 15) is 5.11 Å². The Kier molecular flexibility index (Phi) is 4.87. The lowest BCUT2D eigenvalue weighted by Crippen LogP contribution is -2.59. The first kappa shape index (κ1) is 18.1. The number of aliphatic hydroxyl groups excluding tert-OH is 1. The van der Waals surface area contributed by atoms with Gasteiger partial charge in [-0.15, -0.1) is 0 Å². The van der Waals surface area contributed by atoms with Crippen molar-refractivity contribution in [1.82, 2.24) is 4.90 Å². The lowest BCUT2D eigenvalue weighted by molar-refractivity contribution is 0.0214. The van der Waals surface area contributed by atoms with E-state index >= 15 is 0 Å². The summed E-state index contributed by atoms with van der Waals surface area (Å²) < 4.78 is 5.55. The van der Waals surface area contributed by atoms with E-state index in [0.29, 0.717) is 12.0 Å². The van der Waals surface area contributed by atoms with Gasteiger partial charge in [0, 0.05) is 11.5 Å². The third-order valence-electron chi connectivity index (χ3n) is 7.38. The maximum absolute atomic E-state index is 10.7. The summed E-state index contributed by atoms with van der Waals surface area (Å²) in [6, 6.07) is 7.29. The Morgan fingerprint density at radius 1 is 1.35 bits per heavy atom. The molecule has 4 atom stereocenters. The molecule has 1 N–H and O–H groups in total. The van der Waals surface area contributed by atoms with Gasteiger partial charge in [0.2, 0.25) is 0 Å². The van der Waals surface area contributed by atoms with Crippen molar-refractivity contribution < 1.29 is 9.84 Å². The van der Waals surface area contributed by atoms with Crippen LogP contribution in [0.15, 0.2) is 29.8 Å². The van der Waals surface area contributed by atoms with Gasteiger partial charge in [0.1, 0.15) is 5.75 Å². The molecule has 0 amide bonds. The minimum Gasteiger partial charge on any atom is -0.497 e. The predicted molar refractivity (Wildman–Crippen MR) is 106 cm³/mol. The lowest BCUT2D eigenvalue weighted by atomic mass is 9.52. The number of allylic oxidation sites excluding steroid dienone is 1. The highest BCUT2D eigenvalue weighted by atomic mass is 16.5. The number of ether oxygens (including phenoxy) is 1. The second-order valence-electron chi connectivity index (χ2n) is 8.63. The molecule has 3 nitrogen and oxygen atoms in total. The van der Waals surface area contributed by atoms with E-state index in [1.165, 1.54) is 29.7 Å². The summed E-state index contributed by atoms with van der Waals surface area (Å²) in [7, 11) is 4.05. The third-order valence-corrected chi connectivity index (χ3v) is 7.38. The molecule has 142 valence electrons. The van der Waals surface area contributed by atoms with E-state index in [1.807, 2.05) is 0 Å². The zero-order chi connectivity index (χ0) is 18.3. The van der Waals surface area contributed by atoms with Crippen LogP contribution in [0.5, 0.6) is 5.75 Å². The van der Waals surface area contributed by atoms with Crippen LogP contribution in [0.1, 0.15) is 56.6 Å². The Morgan fingerprint density at radius 3 is 2.96 bits per heavy atom. The molecule has 0 radical (unpaired) electrons. The molecule has 0 spiro atoms. The van der Waals surface area contributed by atoms with Gasteiger partial charge in [-0.25, -0.2) is 0 Å². The number of nitrogens with zero attached hydrogens (tertiary/aromatic N) is 1. The molecular weight excluding hydrogens is 322 g/mol. The molecule has 0 saturated carbocycles. The van der Waals surface area contributed by atoms with Gasteiger partial charge in [0.05, 0.1) is 13.2 Å². The largest absolute Gasteiger partial charge is 0.497 e. The molecule has 2 bridgehead atoms. The maximum atomic E-state index is 10.7. The number of methoxy groups -OCH3 is 1. The first-order valence-corrected chi connectivity index (χ1v) is 10.3. The van der Waals surface area contributed by atoms with Gasteiger partial charge in [-0.3, -0.25) is 0 Å². The molecule has 3 aliphatic rings. The Bertz CT molecular complexity index is 697. The number of likely N-dealkylation sites (tertiary alicyclic amines) is 1. The van der Waals surface area contributed by atoms with E-state index in [1.54, 1.807) is 7.11 Å². The van der Waals surface area contributed by atoms with Crippen molar-refractivity contribution in [2.45, 2.75) is 69.4 Å². The van der Waals surface area contributed by atoms with E-state index < -0.39 is 0 Å². The molecule has 1 aliphatic heterocycles. The Morgan fingerprint density at radius 2 is 2.19 bits per heavy atom. The quantitative estimate of drug-likeness (QED) is 0.808. The van der Waals surface area contributed by atoms with Crippen LogP contribution in [0, 0.1) is 5.92 Å². The Balaban J connectivity index is 1.72. The summed E-state index contributed by atoms with van der Waals surface area (Å²) in [4.78, 5) is 2.57. The standard InChI is InChI=1S/C23H33NO2/c1-4-5-6-22(25)17-9-10-23-11-12-24(2)21(20(23)13-17)14-16-7-8-18(26-3)15-19(16)23/h7-9,15,20-22,25H,4-6,10-14H2,1-3H3/t20-,21+,22?,23-/m0/s1. The number of unbranched alkanes of at least 4 members (excludes halogenated alkanes) is 1. The van der Waals surface area contributed by atoms with Crippen molar-refractivity contribution in [2.75, 3.05) is 20.7 Å². The molecule has 4 rings (SSSR count). The third kappa shape index (κ3) is 2.80. The molecule has 1 fully saturated rings. The van der Waals surface area contributed by atoms with Crippen LogP contribution < -0.4 is 4.74 Å². The lowest BCUT2D eigenvalue weighted by Gasteiger charge is -2.58. The van der Waals surface area contributed by atoms with E-state index in [0.717, 1.165) is 44.3 Å². The molecule has 1 saturated heterocycles. The monoisotopic (exact) mass is 355 g/mol. The number of piperidine rings is 1. The fourth-order valence-electron chi connectivity index (χ4n) is 5.78. The fourth-order valence-corrected chi connectivity index (χ4v) is 5.78. The average molecular weight is 356 g/mol. The number of fused-ring (bicyclic) bond motifs is 1. The first-order chi connectivity index (χ1) is 12.6. The summed E-state index contributed by atoms with van der Waals surface area (Å²) in [5, 5.41) is 10.7. The van der Waals surface area contributed by atoms with Crippen LogP contribution in [-0.2, 0) is 11.8 Å². The van der Waals surface area contributed by atoms with Crippen LogP contribution in [0.3, 0.4) is 0 Å². The van der Waals surface area contributed by atoms with E-state index in [2.05, 4.69) is 43.1 Å². The smallest absolute Gasteiger partial charge is 0.119 e. The zero-order valence-corrected chi connectivity index (χ0v) is 16.5. The van der Waals surface area contributed by atoms with E-state index in [-0.39, 0.29) is 11.5 Å². The highest BCUT2D eigenvalue weighted by Gasteiger charge is 2.53. The number of aliphatic hydroxyl groups is 1. The molecule has 26 heavy (non-hydrogen) atoms. The van der Waals surface area contributed by atoms with Gasteiger partial charge >= 0.3 is 0 Å². The van der Waals surface area contributed by atoms with Crippen molar-refractivity contribution in [1.29, 1.82) is 0 Å². The van der Waals surface area contributed by atoms with Gasteiger partial charge in [0.25, 0.3) is 0 Å². The maximum Gasteiger partial charge on any atom is 0.119 e. The first-order valence-electron chi connectivity index (χ1n) is 10.3. The molecule has 1 heterocycles. The van der Waals surface area contributed by atoms with Gasteiger partial charge in [-0.2, -0.15) is 0 Å². The SMILES string of the molecule is CCCCC(O)C1=CC[C@]23CCN(C)[C@H](Cc4ccc(OC)cc42)[C@@H]3C1. The van der Waals surface area contributed by atoms with Crippen molar-refractivity contribution in [3.63, 3.8) is 0 Å². The molecule has 0 aromatic heterocycles. The van der Waals surface area contributed by atoms with Crippen LogP contribution in [0.2, 0.25) is 0 Å². The number of benzene rings is 1. The summed E-state index contributed by atoms with van der Waals surface area (Å²) in [5.74, 6) is 1.59. The number of hydrogen-bond acceptors (Lipinski definition) is 3. The van der Waals surface area contributed by atoms with Crippen LogP contribution in [0.4, 0.5) is 0 Å². The predicted octanol–water partition coefficient (Wildman–Crippen LogP) is 4.08. The Labute approximate surface area is 158 Å². The van der Waals surface area contributed by atoms with Crippen molar-refractivity contribution in [3.05, 3.63) is 41.0 Å². The number of rotatable bonds is 5. The van der Waals surface area contributed by atoms with Gasteiger partial charge in [0.15, 0.2) is 0 Å². The zero-order valence-electron chi connectivity index (χ0n) is 16.5. The molecule has 3 heteroatoms. The minimum atomic E-state index is -0.245. The summed E-state index contributed by atoms with van der Waals surface area (Å²) in [6.45, 7) is 3.36. The fraction of sp³-hybridized carbons (Fsp3) is 0.652. The molecular formula is C23H33NO2. The highest BCUT2D eigenvalue weighted by molar-refractivity contribution is 5.47. The van der Waals surface area contributed by atoms with Gasteiger partial charge in [-0.05, 0) is 80.4 Å². The number of likely N-dealkylation sites (N-methyl/N-ethyl adjacent to an activating group) is 1. The van der Waals surface area contributed by atoms with Crippen LogP contribution in [-0.4, -0.2) is 42.9 Å². The topological polar surface area (TPSA) is 32.7 Å². The van der Waals surface area contributed by atoms with Crippen LogP contribution in [0.25, 0.3) is 0 Å². The molecule has 1 unspecified atom stereocenters. The molecule has 1 aromatic rings.